The SMILES string of the molecule is CC(C)(C)C(C=O)OC1CCN(C(=O)[C@H]2CC(O)CN2C(=O)c2ccc(C(=N)N)cc2)CC1. The third kappa shape index (κ3) is 5.78. The van der Waals surface area contributed by atoms with Gasteiger partial charge in [-0.25, -0.2) is 0 Å². The molecule has 2 heterocycles. The Labute approximate surface area is 194 Å². The summed E-state index contributed by atoms with van der Waals surface area (Å²) in [5.41, 5.74) is 6.06. The van der Waals surface area contributed by atoms with Crippen LogP contribution in [0, 0.1) is 10.8 Å². The second-order valence-electron chi connectivity index (χ2n) is 9.94. The summed E-state index contributed by atoms with van der Waals surface area (Å²) in [6, 6.07) is 5.61. The number of amides is 2. The van der Waals surface area contributed by atoms with E-state index in [4.69, 9.17) is 15.9 Å². The van der Waals surface area contributed by atoms with Crippen molar-refractivity contribution < 1.29 is 24.2 Å². The first-order valence-corrected chi connectivity index (χ1v) is 11.3. The van der Waals surface area contributed by atoms with Gasteiger partial charge in [-0.2, -0.15) is 0 Å². The fraction of sp³-hybridized carbons (Fsp3) is 0.583. The lowest BCUT2D eigenvalue weighted by Gasteiger charge is -2.37. The molecule has 0 aliphatic carbocycles. The van der Waals surface area contributed by atoms with Crippen LogP contribution < -0.4 is 5.73 Å². The Bertz CT molecular complexity index is 887. The Kier molecular flexibility index (Phi) is 7.54. The number of benzene rings is 1. The van der Waals surface area contributed by atoms with Crippen LogP contribution in [-0.2, 0) is 14.3 Å². The second kappa shape index (κ2) is 10.0. The maximum absolute atomic E-state index is 13.3. The number of likely N-dealkylation sites (tertiary alicyclic amines) is 2. The number of hydrogen-bond donors (Lipinski definition) is 3. The van der Waals surface area contributed by atoms with Crippen LogP contribution in [0.1, 0.15) is 56.0 Å². The molecular weight excluding hydrogens is 424 g/mol. The number of ether oxygens (including phenoxy) is 1. The number of aldehydes is 1. The molecule has 0 saturated carbocycles. The van der Waals surface area contributed by atoms with Crippen molar-refractivity contribution in [3.8, 4) is 0 Å². The Hall–Kier alpha value is -2.78. The normalized spacial score (nSPS) is 22.8. The second-order valence-corrected chi connectivity index (χ2v) is 9.94. The van der Waals surface area contributed by atoms with E-state index in [1.165, 1.54) is 4.90 Å². The van der Waals surface area contributed by atoms with Gasteiger partial charge in [0, 0.05) is 37.2 Å². The van der Waals surface area contributed by atoms with Gasteiger partial charge in [0.25, 0.3) is 5.91 Å². The van der Waals surface area contributed by atoms with Gasteiger partial charge in [-0.3, -0.25) is 15.0 Å². The first-order chi connectivity index (χ1) is 15.5. The molecule has 1 aromatic rings. The summed E-state index contributed by atoms with van der Waals surface area (Å²) >= 11 is 0. The number of hydrogen-bond acceptors (Lipinski definition) is 6. The van der Waals surface area contributed by atoms with E-state index in [1.54, 1.807) is 29.2 Å². The van der Waals surface area contributed by atoms with Gasteiger partial charge in [0.05, 0.1) is 12.2 Å². The molecule has 2 unspecified atom stereocenters. The Morgan fingerprint density at radius 1 is 1.18 bits per heavy atom. The van der Waals surface area contributed by atoms with Crippen molar-refractivity contribution in [3.63, 3.8) is 0 Å². The van der Waals surface area contributed by atoms with Crippen LogP contribution in [0.3, 0.4) is 0 Å². The molecule has 0 spiro atoms. The zero-order chi connectivity index (χ0) is 24.3. The van der Waals surface area contributed by atoms with E-state index in [-0.39, 0.29) is 42.1 Å². The van der Waals surface area contributed by atoms with Crippen molar-refractivity contribution in [1.82, 2.24) is 9.80 Å². The summed E-state index contributed by atoms with van der Waals surface area (Å²) in [6.07, 6.45) is 0.894. The predicted octanol–water partition coefficient (Wildman–Crippen LogP) is 1.17. The minimum Gasteiger partial charge on any atom is -0.391 e. The number of amidine groups is 1. The molecule has 1 aromatic carbocycles. The fourth-order valence-corrected chi connectivity index (χ4v) is 4.30. The number of carbonyl (C=O) groups is 3. The van der Waals surface area contributed by atoms with Crippen LogP contribution in [0.25, 0.3) is 0 Å². The number of nitrogen functional groups attached to an aromatic ring is 1. The van der Waals surface area contributed by atoms with Crippen LogP contribution in [0.2, 0.25) is 0 Å². The molecule has 4 N–H and O–H groups in total. The van der Waals surface area contributed by atoms with Crippen molar-refractivity contribution in [2.75, 3.05) is 19.6 Å². The molecule has 9 nitrogen and oxygen atoms in total. The summed E-state index contributed by atoms with van der Waals surface area (Å²) in [5, 5.41) is 17.7. The molecule has 2 amide bonds. The third-order valence-electron chi connectivity index (χ3n) is 6.34. The molecule has 0 bridgehead atoms. The number of aliphatic hydroxyl groups excluding tert-OH is 1. The Morgan fingerprint density at radius 2 is 1.76 bits per heavy atom. The molecule has 2 aliphatic heterocycles. The molecule has 180 valence electrons. The van der Waals surface area contributed by atoms with Crippen molar-refractivity contribution in [2.45, 2.75) is 64.4 Å². The van der Waals surface area contributed by atoms with Crippen LogP contribution >= 0.6 is 0 Å². The highest BCUT2D eigenvalue weighted by molar-refractivity contribution is 6.00. The molecule has 2 fully saturated rings. The van der Waals surface area contributed by atoms with E-state index in [0.29, 0.717) is 37.1 Å². The zero-order valence-electron chi connectivity index (χ0n) is 19.5. The molecule has 0 radical (unpaired) electrons. The summed E-state index contributed by atoms with van der Waals surface area (Å²) < 4.78 is 5.98. The van der Waals surface area contributed by atoms with Crippen molar-refractivity contribution >= 4 is 23.9 Å². The highest BCUT2D eigenvalue weighted by Crippen LogP contribution is 2.27. The minimum atomic E-state index is -0.764. The Balaban J connectivity index is 1.63. The third-order valence-corrected chi connectivity index (χ3v) is 6.34. The largest absolute Gasteiger partial charge is 0.391 e. The fourth-order valence-electron chi connectivity index (χ4n) is 4.30. The first-order valence-electron chi connectivity index (χ1n) is 11.3. The van der Waals surface area contributed by atoms with Crippen LogP contribution in [-0.4, -0.2) is 82.8 Å². The average Bonchev–Trinajstić information content (AvgIpc) is 3.17. The van der Waals surface area contributed by atoms with Crippen molar-refractivity contribution in [2.24, 2.45) is 11.1 Å². The van der Waals surface area contributed by atoms with Gasteiger partial charge < -0.3 is 30.2 Å². The van der Waals surface area contributed by atoms with Crippen molar-refractivity contribution in [3.05, 3.63) is 35.4 Å². The number of carbonyl (C=O) groups excluding carboxylic acids is 3. The summed E-state index contributed by atoms with van der Waals surface area (Å²) in [7, 11) is 0. The highest BCUT2D eigenvalue weighted by atomic mass is 16.5. The van der Waals surface area contributed by atoms with E-state index in [2.05, 4.69) is 0 Å². The quantitative estimate of drug-likeness (QED) is 0.332. The van der Waals surface area contributed by atoms with E-state index < -0.39 is 18.2 Å². The number of aliphatic hydroxyl groups is 1. The Morgan fingerprint density at radius 3 is 2.27 bits per heavy atom. The maximum Gasteiger partial charge on any atom is 0.254 e. The molecule has 33 heavy (non-hydrogen) atoms. The summed E-state index contributed by atoms with van der Waals surface area (Å²) in [5.74, 6) is -0.605. The first kappa shape index (κ1) is 24.9. The number of nitrogens with two attached hydrogens (primary N) is 1. The number of β-amino-alcohol motifs (C(OH)–C–C–N with tert-alkyl or cyclic N) is 1. The van der Waals surface area contributed by atoms with Gasteiger partial charge >= 0.3 is 0 Å². The van der Waals surface area contributed by atoms with E-state index >= 15 is 0 Å². The highest BCUT2D eigenvalue weighted by Gasteiger charge is 2.42. The van der Waals surface area contributed by atoms with Gasteiger partial charge in [-0.05, 0) is 30.4 Å². The van der Waals surface area contributed by atoms with Crippen LogP contribution in [0.5, 0.6) is 0 Å². The molecule has 2 aliphatic rings. The molecular formula is C24H34N4O5. The summed E-state index contributed by atoms with van der Waals surface area (Å²) in [6.45, 7) is 6.90. The number of nitrogens with one attached hydrogen (secondary N) is 1. The zero-order valence-corrected chi connectivity index (χ0v) is 19.5. The summed E-state index contributed by atoms with van der Waals surface area (Å²) in [4.78, 5) is 40.9. The van der Waals surface area contributed by atoms with Gasteiger partial charge in [0.1, 0.15) is 24.3 Å². The molecule has 3 rings (SSSR count). The van der Waals surface area contributed by atoms with E-state index in [0.717, 1.165) is 6.29 Å². The van der Waals surface area contributed by atoms with E-state index in [9.17, 15) is 19.5 Å². The minimum absolute atomic E-state index is 0.0898. The van der Waals surface area contributed by atoms with Gasteiger partial charge in [0.15, 0.2) is 0 Å². The lowest BCUT2D eigenvalue weighted by molar-refractivity contribution is -0.144. The van der Waals surface area contributed by atoms with Crippen LogP contribution in [0.15, 0.2) is 24.3 Å². The smallest absolute Gasteiger partial charge is 0.254 e. The van der Waals surface area contributed by atoms with Gasteiger partial charge in [-0.15, -0.1) is 0 Å². The lowest BCUT2D eigenvalue weighted by atomic mass is 9.89. The number of piperidine rings is 1. The van der Waals surface area contributed by atoms with Crippen molar-refractivity contribution in [1.29, 1.82) is 5.41 Å². The monoisotopic (exact) mass is 458 g/mol. The maximum atomic E-state index is 13.3. The lowest BCUT2D eigenvalue weighted by Crippen LogP contribution is -2.51. The number of nitrogens with zero attached hydrogens (tertiary/aromatic N) is 2. The van der Waals surface area contributed by atoms with Gasteiger partial charge in [-0.1, -0.05) is 32.9 Å². The van der Waals surface area contributed by atoms with E-state index in [1.807, 2.05) is 20.8 Å². The number of rotatable bonds is 6. The molecule has 0 aromatic heterocycles. The standard InChI is InChI=1S/C24H34N4O5/c1-24(2,3)20(14-29)33-18-8-10-27(11-9-18)23(32)19-12-17(30)13-28(19)22(31)16-6-4-15(5-7-16)21(25)26/h4-7,14,17-20,30H,8-13H2,1-3H3,(H3,25,26)/t17?,19-,20?/m1/s1. The topological polar surface area (TPSA) is 137 Å². The predicted molar refractivity (Wildman–Crippen MR) is 123 cm³/mol. The molecule has 3 atom stereocenters. The van der Waals surface area contributed by atoms with Gasteiger partial charge in [0.2, 0.25) is 5.91 Å². The molecule has 2 saturated heterocycles. The average molecular weight is 459 g/mol. The van der Waals surface area contributed by atoms with Crippen LogP contribution in [0.4, 0.5) is 0 Å². The molecule has 9 heteroatoms.